The molecule has 0 N–H and O–H groups in total. The summed E-state index contributed by atoms with van der Waals surface area (Å²) in [5, 5.41) is 21.3. The summed E-state index contributed by atoms with van der Waals surface area (Å²) in [4.78, 5) is 13.9. The quantitative estimate of drug-likeness (QED) is 0.270. The predicted molar refractivity (Wildman–Crippen MR) is 149 cm³/mol. The first-order valence-corrected chi connectivity index (χ1v) is 13.1. The topological polar surface area (TPSA) is 78.0 Å². The number of carbonyl (C=O) groups is 1. The molecule has 38 heavy (non-hydrogen) atoms. The molecule has 0 atom stereocenters. The van der Waals surface area contributed by atoms with Gasteiger partial charge in [0.15, 0.2) is 11.6 Å². The molecule has 0 fully saturated rings. The highest BCUT2D eigenvalue weighted by molar-refractivity contribution is 7.99. The van der Waals surface area contributed by atoms with Gasteiger partial charge in [0, 0.05) is 23.1 Å². The van der Waals surface area contributed by atoms with Crippen molar-refractivity contribution in [3.63, 3.8) is 0 Å². The SMILES string of the molecule is O=C(c1ccc2ccccc2c1)c1cn(-c2ccccc2)nc1C1=Nn2c(nnc2-c2ccccc2)SC1. The molecule has 0 aliphatic carbocycles. The van der Waals surface area contributed by atoms with Crippen molar-refractivity contribution in [2.75, 3.05) is 5.75 Å². The summed E-state index contributed by atoms with van der Waals surface area (Å²) in [5.74, 6) is 1.07. The Labute approximate surface area is 222 Å². The third-order valence-corrected chi connectivity index (χ3v) is 7.40. The Hall–Kier alpha value is -4.82. The minimum absolute atomic E-state index is 0.0986. The summed E-state index contributed by atoms with van der Waals surface area (Å²) in [5.41, 5.74) is 4.14. The van der Waals surface area contributed by atoms with Crippen molar-refractivity contribution in [1.82, 2.24) is 24.7 Å². The molecule has 7 rings (SSSR count). The number of thioether (sulfide) groups is 1. The molecular formula is C30H20N6OS. The van der Waals surface area contributed by atoms with Crippen LogP contribution in [-0.2, 0) is 0 Å². The van der Waals surface area contributed by atoms with Crippen molar-refractivity contribution in [1.29, 1.82) is 0 Å². The Morgan fingerprint density at radius 2 is 1.53 bits per heavy atom. The van der Waals surface area contributed by atoms with Crippen LogP contribution in [-0.4, -0.2) is 41.9 Å². The number of nitrogens with zero attached hydrogens (tertiary/aromatic N) is 6. The summed E-state index contributed by atoms with van der Waals surface area (Å²) < 4.78 is 3.49. The number of para-hydroxylation sites is 1. The lowest BCUT2D eigenvalue weighted by molar-refractivity contribution is 0.103. The van der Waals surface area contributed by atoms with E-state index in [1.807, 2.05) is 103 Å². The fourth-order valence-electron chi connectivity index (χ4n) is 4.56. The van der Waals surface area contributed by atoms with Crippen LogP contribution >= 0.6 is 11.8 Å². The monoisotopic (exact) mass is 512 g/mol. The van der Waals surface area contributed by atoms with Gasteiger partial charge in [-0.05, 0) is 29.0 Å². The highest BCUT2D eigenvalue weighted by atomic mass is 32.2. The normalized spacial score (nSPS) is 12.8. The number of fused-ring (bicyclic) bond motifs is 2. The highest BCUT2D eigenvalue weighted by Gasteiger charge is 2.27. The summed E-state index contributed by atoms with van der Waals surface area (Å²) in [6, 6.07) is 33.4. The van der Waals surface area contributed by atoms with E-state index >= 15 is 0 Å². The molecule has 0 saturated carbocycles. The van der Waals surface area contributed by atoms with E-state index in [0.29, 0.717) is 39.3 Å². The van der Waals surface area contributed by atoms with Crippen LogP contribution in [0.4, 0.5) is 0 Å². The Balaban J connectivity index is 1.37. The maximum atomic E-state index is 13.9. The zero-order chi connectivity index (χ0) is 25.5. The number of aromatic nitrogens is 5. The van der Waals surface area contributed by atoms with Crippen LogP contribution in [0.25, 0.3) is 27.8 Å². The van der Waals surface area contributed by atoms with Crippen molar-refractivity contribution in [3.05, 3.63) is 126 Å². The van der Waals surface area contributed by atoms with Crippen LogP contribution in [0.5, 0.6) is 0 Å². The second kappa shape index (κ2) is 9.24. The maximum Gasteiger partial charge on any atom is 0.212 e. The molecule has 0 unspecified atom stereocenters. The van der Waals surface area contributed by atoms with Gasteiger partial charge in [-0.25, -0.2) is 4.68 Å². The lowest BCUT2D eigenvalue weighted by Crippen LogP contribution is -2.17. The summed E-state index contributed by atoms with van der Waals surface area (Å²) >= 11 is 1.53. The number of carbonyl (C=O) groups excluding carboxylic acids is 1. The molecule has 0 bridgehead atoms. The van der Waals surface area contributed by atoms with Gasteiger partial charge in [-0.3, -0.25) is 4.79 Å². The van der Waals surface area contributed by atoms with Crippen molar-refractivity contribution < 1.29 is 4.79 Å². The molecule has 1 aliphatic rings. The van der Waals surface area contributed by atoms with Gasteiger partial charge >= 0.3 is 0 Å². The molecule has 182 valence electrons. The average molecular weight is 513 g/mol. The molecule has 6 aromatic rings. The molecule has 8 heteroatoms. The van der Waals surface area contributed by atoms with Gasteiger partial charge in [0.05, 0.1) is 11.3 Å². The highest BCUT2D eigenvalue weighted by Crippen LogP contribution is 2.30. The molecule has 4 aromatic carbocycles. The van der Waals surface area contributed by atoms with E-state index in [9.17, 15) is 4.79 Å². The van der Waals surface area contributed by atoms with Gasteiger partial charge in [0.2, 0.25) is 5.16 Å². The Morgan fingerprint density at radius 1 is 0.789 bits per heavy atom. The van der Waals surface area contributed by atoms with Crippen LogP contribution in [0, 0.1) is 0 Å². The molecule has 7 nitrogen and oxygen atoms in total. The van der Waals surface area contributed by atoms with Crippen LogP contribution in [0.3, 0.4) is 0 Å². The first-order valence-electron chi connectivity index (χ1n) is 12.1. The largest absolute Gasteiger partial charge is 0.288 e. The number of hydrogen-bond acceptors (Lipinski definition) is 6. The van der Waals surface area contributed by atoms with Crippen LogP contribution in [0.15, 0.2) is 120 Å². The number of hydrogen-bond donors (Lipinski definition) is 0. The van der Waals surface area contributed by atoms with Gasteiger partial charge in [-0.1, -0.05) is 96.7 Å². The fourth-order valence-corrected chi connectivity index (χ4v) is 5.37. The zero-order valence-electron chi connectivity index (χ0n) is 20.1. The average Bonchev–Trinajstić information content (AvgIpc) is 3.62. The van der Waals surface area contributed by atoms with E-state index in [0.717, 1.165) is 22.0 Å². The Morgan fingerprint density at radius 3 is 2.34 bits per heavy atom. The van der Waals surface area contributed by atoms with Crippen molar-refractivity contribution in [3.8, 4) is 17.1 Å². The van der Waals surface area contributed by atoms with Crippen molar-refractivity contribution >= 4 is 34.0 Å². The zero-order valence-corrected chi connectivity index (χ0v) is 20.9. The molecule has 3 heterocycles. The first-order chi connectivity index (χ1) is 18.7. The predicted octanol–water partition coefficient (Wildman–Crippen LogP) is 5.87. The van der Waals surface area contributed by atoms with E-state index in [1.54, 1.807) is 15.6 Å². The first kappa shape index (κ1) is 22.4. The lowest BCUT2D eigenvalue weighted by atomic mass is 9.99. The van der Waals surface area contributed by atoms with Crippen LogP contribution in [0.1, 0.15) is 21.6 Å². The van der Waals surface area contributed by atoms with E-state index in [-0.39, 0.29) is 5.78 Å². The molecule has 0 spiro atoms. The third-order valence-electron chi connectivity index (χ3n) is 6.47. The fraction of sp³-hybridized carbons (Fsp3) is 0.0333. The van der Waals surface area contributed by atoms with E-state index in [4.69, 9.17) is 10.2 Å². The summed E-state index contributed by atoms with van der Waals surface area (Å²) in [6.45, 7) is 0. The van der Waals surface area contributed by atoms with Gasteiger partial charge in [0.25, 0.3) is 0 Å². The van der Waals surface area contributed by atoms with Crippen molar-refractivity contribution in [2.45, 2.75) is 5.16 Å². The van der Waals surface area contributed by atoms with Gasteiger partial charge in [-0.15, -0.1) is 10.2 Å². The number of rotatable bonds is 5. The summed E-state index contributed by atoms with van der Waals surface area (Å²) in [6.07, 6.45) is 1.80. The Bertz CT molecular complexity index is 1840. The molecule has 0 amide bonds. The molecule has 1 aliphatic heterocycles. The Kier molecular flexibility index (Phi) is 5.44. The smallest absolute Gasteiger partial charge is 0.212 e. The van der Waals surface area contributed by atoms with E-state index in [1.165, 1.54) is 11.8 Å². The van der Waals surface area contributed by atoms with Crippen LogP contribution in [0.2, 0.25) is 0 Å². The van der Waals surface area contributed by atoms with Crippen molar-refractivity contribution in [2.24, 2.45) is 5.10 Å². The van der Waals surface area contributed by atoms with E-state index in [2.05, 4.69) is 10.2 Å². The van der Waals surface area contributed by atoms with Gasteiger partial charge in [-0.2, -0.15) is 14.9 Å². The second-order valence-corrected chi connectivity index (χ2v) is 9.82. The minimum Gasteiger partial charge on any atom is -0.288 e. The van der Waals surface area contributed by atoms with Crippen LogP contribution < -0.4 is 0 Å². The number of benzene rings is 4. The molecule has 0 saturated heterocycles. The lowest BCUT2D eigenvalue weighted by Gasteiger charge is -2.13. The third kappa shape index (κ3) is 3.91. The van der Waals surface area contributed by atoms with Gasteiger partial charge < -0.3 is 0 Å². The minimum atomic E-state index is -0.0986. The molecular weight excluding hydrogens is 492 g/mol. The van der Waals surface area contributed by atoms with E-state index < -0.39 is 0 Å². The summed E-state index contributed by atoms with van der Waals surface area (Å²) in [7, 11) is 0. The number of ketones is 1. The molecule has 2 aromatic heterocycles. The standard InChI is InChI=1S/C30H20N6OS/c37-28(23-16-15-20-9-7-8-12-22(20)17-23)25-18-35(24-13-5-2-6-14-24)34-27(25)26-19-38-30-32-31-29(36(30)33-26)21-10-3-1-4-11-21/h1-18H,19H2. The molecule has 0 radical (unpaired) electrons. The maximum absolute atomic E-state index is 13.9. The second-order valence-electron chi connectivity index (χ2n) is 8.88. The van der Waals surface area contributed by atoms with Gasteiger partial charge in [0.1, 0.15) is 11.4 Å².